The molecule has 2 aromatic carbocycles. The van der Waals surface area contributed by atoms with E-state index in [4.69, 9.17) is 9.47 Å². The lowest BCUT2D eigenvalue weighted by Gasteiger charge is -2.11. The summed E-state index contributed by atoms with van der Waals surface area (Å²) < 4.78 is 12.6. The van der Waals surface area contributed by atoms with Crippen LogP contribution in [0.5, 0.6) is 11.5 Å². The fourth-order valence-electron chi connectivity index (χ4n) is 3.15. The van der Waals surface area contributed by atoms with Crippen LogP contribution in [0.15, 0.2) is 42.5 Å². The van der Waals surface area contributed by atoms with Crippen molar-refractivity contribution in [1.29, 1.82) is 0 Å². The highest BCUT2D eigenvalue weighted by atomic mass is 16.5. The van der Waals surface area contributed by atoms with Gasteiger partial charge in [0.1, 0.15) is 12.4 Å². The molecule has 0 saturated heterocycles. The Morgan fingerprint density at radius 2 is 1.89 bits per heavy atom. The van der Waals surface area contributed by atoms with E-state index in [-0.39, 0.29) is 12.5 Å². The first-order chi connectivity index (χ1) is 13.2. The second-order valence-electron chi connectivity index (χ2n) is 6.25. The highest BCUT2D eigenvalue weighted by Crippen LogP contribution is 2.27. The molecule has 0 aliphatic rings. The largest absolute Gasteiger partial charge is 0.493 e. The van der Waals surface area contributed by atoms with E-state index < -0.39 is 0 Å². The van der Waals surface area contributed by atoms with Gasteiger partial charge in [-0.2, -0.15) is 0 Å². The Balaban J connectivity index is 1.61. The number of imidazole rings is 1. The zero-order chi connectivity index (χ0) is 19.2. The summed E-state index contributed by atoms with van der Waals surface area (Å²) in [6, 6.07) is 13.7. The molecule has 0 aliphatic carbocycles. The van der Waals surface area contributed by atoms with Crippen LogP contribution in [-0.2, 0) is 24.2 Å². The van der Waals surface area contributed by atoms with Crippen LogP contribution in [0.3, 0.4) is 0 Å². The number of nitrogens with zero attached hydrogens (tertiary/aromatic N) is 2. The van der Waals surface area contributed by atoms with E-state index in [2.05, 4.69) is 10.3 Å². The Hall–Kier alpha value is -3.02. The van der Waals surface area contributed by atoms with Crippen LogP contribution in [0.1, 0.15) is 18.3 Å². The lowest BCUT2D eigenvalue weighted by molar-refractivity contribution is -0.121. The standard InChI is InChI=1S/C21H25N3O3/c1-4-20-23-16-7-5-6-8-17(16)24(20)14-21(25)22-12-11-15-9-10-18(26-2)19(13-15)27-3/h5-10,13H,4,11-12,14H2,1-3H3,(H,22,25). The van der Waals surface area contributed by atoms with Gasteiger partial charge in [0.2, 0.25) is 5.91 Å². The van der Waals surface area contributed by atoms with Crippen LogP contribution >= 0.6 is 0 Å². The summed E-state index contributed by atoms with van der Waals surface area (Å²) in [7, 11) is 3.23. The summed E-state index contributed by atoms with van der Waals surface area (Å²) in [5.41, 5.74) is 2.99. The minimum atomic E-state index is -0.0201. The molecule has 1 N–H and O–H groups in total. The average molecular weight is 367 g/mol. The van der Waals surface area contributed by atoms with E-state index in [1.165, 1.54) is 0 Å². The molecule has 6 heteroatoms. The van der Waals surface area contributed by atoms with Gasteiger partial charge in [-0.05, 0) is 36.2 Å². The Kier molecular flexibility index (Phi) is 5.96. The molecular formula is C21H25N3O3. The average Bonchev–Trinajstić information content (AvgIpc) is 3.05. The third-order valence-electron chi connectivity index (χ3n) is 4.54. The topological polar surface area (TPSA) is 65.4 Å². The Labute approximate surface area is 159 Å². The van der Waals surface area contributed by atoms with Gasteiger partial charge in [0.15, 0.2) is 11.5 Å². The second kappa shape index (κ2) is 8.58. The molecule has 1 aromatic heterocycles. The van der Waals surface area contributed by atoms with Gasteiger partial charge in [0.25, 0.3) is 0 Å². The lowest BCUT2D eigenvalue weighted by atomic mass is 10.1. The van der Waals surface area contributed by atoms with Crippen molar-refractivity contribution in [3.63, 3.8) is 0 Å². The first-order valence-corrected chi connectivity index (χ1v) is 9.08. The number of aromatic nitrogens is 2. The van der Waals surface area contributed by atoms with Gasteiger partial charge >= 0.3 is 0 Å². The number of hydrogen-bond donors (Lipinski definition) is 1. The number of fused-ring (bicyclic) bond motifs is 1. The number of para-hydroxylation sites is 2. The maximum Gasteiger partial charge on any atom is 0.240 e. The summed E-state index contributed by atoms with van der Waals surface area (Å²) in [6.45, 7) is 2.88. The summed E-state index contributed by atoms with van der Waals surface area (Å²) >= 11 is 0. The number of amides is 1. The molecule has 0 spiro atoms. The molecular weight excluding hydrogens is 342 g/mol. The van der Waals surface area contributed by atoms with Crippen molar-refractivity contribution < 1.29 is 14.3 Å². The van der Waals surface area contributed by atoms with Gasteiger partial charge in [-0.1, -0.05) is 25.1 Å². The number of benzene rings is 2. The van der Waals surface area contributed by atoms with Crippen LogP contribution in [0.25, 0.3) is 11.0 Å². The lowest BCUT2D eigenvalue weighted by Crippen LogP contribution is -2.29. The third-order valence-corrected chi connectivity index (χ3v) is 4.54. The van der Waals surface area contributed by atoms with Crippen LogP contribution in [0.2, 0.25) is 0 Å². The van der Waals surface area contributed by atoms with Crippen molar-refractivity contribution in [1.82, 2.24) is 14.9 Å². The summed E-state index contributed by atoms with van der Waals surface area (Å²) in [5, 5.41) is 2.99. The summed E-state index contributed by atoms with van der Waals surface area (Å²) in [4.78, 5) is 17.0. The number of rotatable bonds is 8. The molecule has 0 aliphatic heterocycles. The number of ether oxygens (including phenoxy) is 2. The van der Waals surface area contributed by atoms with E-state index in [1.54, 1.807) is 14.2 Å². The normalized spacial score (nSPS) is 10.8. The molecule has 0 radical (unpaired) electrons. The summed E-state index contributed by atoms with van der Waals surface area (Å²) in [5.74, 6) is 2.29. The maximum absolute atomic E-state index is 12.4. The van der Waals surface area contributed by atoms with Crippen LogP contribution < -0.4 is 14.8 Å². The maximum atomic E-state index is 12.4. The van der Waals surface area contributed by atoms with Gasteiger partial charge in [-0.25, -0.2) is 4.98 Å². The van der Waals surface area contributed by atoms with Gasteiger partial charge in [0, 0.05) is 13.0 Å². The molecule has 0 saturated carbocycles. The fourth-order valence-corrected chi connectivity index (χ4v) is 3.15. The molecule has 0 fully saturated rings. The van der Waals surface area contributed by atoms with Crippen LogP contribution in [0.4, 0.5) is 0 Å². The predicted octanol–water partition coefficient (Wildman–Crippen LogP) is 2.97. The van der Waals surface area contributed by atoms with E-state index in [1.807, 2.05) is 54.0 Å². The van der Waals surface area contributed by atoms with Crippen LogP contribution in [-0.4, -0.2) is 36.2 Å². The van der Waals surface area contributed by atoms with Gasteiger partial charge in [0.05, 0.1) is 25.3 Å². The Bertz CT molecular complexity index is 934. The number of aryl methyl sites for hydroxylation is 1. The van der Waals surface area contributed by atoms with E-state index >= 15 is 0 Å². The molecule has 6 nitrogen and oxygen atoms in total. The smallest absolute Gasteiger partial charge is 0.240 e. The fraction of sp³-hybridized carbons (Fsp3) is 0.333. The van der Waals surface area contributed by atoms with Crippen molar-refractivity contribution in [3.05, 3.63) is 53.9 Å². The minimum absolute atomic E-state index is 0.0201. The molecule has 1 amide bonds. The van der Waals surface area contributed by atoms with Gasteiger partial charge < -0.3 is 19.4 Å². The summed E-state index contributed by atoms with van der Waals surface area (Å²) in [6.07, 6.45) is 1.50. The Morgan fingerprint density at radius 3 is 2.63 bits per heavy atom. The number of nitrogens with one attached hydrogen (secondary N) is 1. The zero-order valence-corrected chi connectivity index (χ0v) is 16.0. The number of carbonyl (C=O) groups excluding carboxylic acids is 1. The first kappa shape index (κ1) is 18.8. The van der Waals surface area contributed by atoms with Crippen molar-refractivity contribution in [3.8, 4) is 11.5 Å². The molecule has 1 heterocycles. The van der Waals surface area contributed by atoms with E-state index in [0.717, 1.165) is 35.3 Å². The molecule has 0 bridgehead atoms. The monoisotopic (exact) mass is 367 g/mol. The molecule has 27 heavy (non-hydrogen) atoms. The third kappa shape index (κ3) is 4.22. The van der Waals surface area contributed by atoms with Gasteiger partial charge in [-0.3, -0.25) is 4.79 Å². The van der Waals surface area contributed by atoms with Gasteiger partial charge in [-0.15, -0.1) is 0 Å². The highest BCUT2D eigenvalue weighted by molar-refractivity contribution is 5.81. The van der Waals surface area contributed by atoms with Crippen molar-refractivity contribution in [2.24, 2.45) is 0 Å². The van der Waals surface area contributed by atoms with E-state index in [0.29, 0.717) is 18.0 Å². The van der Waals surface area contributed by atoms with Crippen molar-refractivity contribution in [2.45, 2.75) is 26.3 Å². The number of methoxy groups -OCH3 is 2. The first-order valence-electron chi connectivity index (χ1n) is 9.08. The van der Waals surface area contributed by atoms with E-state index in [9.17, 15) is 4.79 Å². The number of carbonyl (C=O) groups is 1. The second-order valence-corrected chi connectivity index (χ2v) is 6.25. The van der Waals surface area contributed by atoms with Crippen molar-refractivity contribution in [2.75, 3.05) is 20.8 Å². The number of hydrogen-bond acceptors (Lipinski definition) is 4. The zero-order valence-electron chi connectivity index (χ0n) is 16.0. The SMILES string of the molecule is CCc1nc2ccccc2n1CC(=O)NCCc1ccc(OC)c(OC)c1. The minimum Gasteiger partial charge on any atom is -0.493 e. The predicted molar refractivity (Wildman–Crippen MR) is 105 cm³/mol. The molecule has 3 rings (SSSR count). The van der Waals surface area contributed by atoms with Crippen molar-refractivity contribution >= 4 is 16.9 Å². The molecule has 0 unspecified atom stereocenters. The highest BCUT2D eigenvalue weighted by Gasteiger charge is 2.12. The molecule has 3 aromatic rings. The molecule has 0 atom stereocenters. The van der Waals surface area contributed by atoms with Crippen LogP contribution in [0, 0.1) is 0 Å². The molecule has 142 valence electrons. The Morgan fingerprint density at radius 1 is 1.11 bits per heavy atom. The quantitative estimate of drug-likeness (QED) is 0.665.